The van der Waals surface area contributed by atoms with E-state index in [0.29, 0.717) is 6.61 Å². The van der Waals surface area contributed by atoms with Crippen molar-refractivity contribution in [1.82, 2.24) is 0 Å². The van der Waals surface area contributed by atoms with Gasteiger partial charge in [-0.05, 0) is 76.0 Å². The summed E-state index contributed by atoms with van der Waals surface area (Å²) in [6.07, 6.45) is 0. The Labute approximate surface area is 145 Å². The standard InChI is InChI=1S/C20H17IO/c1-15-11-18(13-19(21)12-15)17-7-9-20(10-8-17)22-14-16-5-3-2-4-6-16/h2-13H,14H2,1H3. The van der Waals surface area contributed by atoms with Crippen molar-refractivity contribution in [2.24, 2.45) is 0 Å². The summed E-state index contributed by atoms with van der Waals surface area (Å²) in [6, 6.07) is 25.1. The monoisotopic (exact) mass is 400 g/mol. The quantitative estimate of drug-likeness (QED) is 0.500. The lowest BCUT2D eigenvalue weighted by Gasteiger charge is -2.08. The molecule has 3 aromatic carbocycles. The van der Waals surface area contributed by atoms with Crippen LogP contribution >= 0.6 is 22.6 Å². The second-order valence-electron chi connectivity index (χ2n) is 5.32. The Balaban J connectivity index is 1.72. The van der Waals surface area contributed by atoms with Crippen LogP contribution in [0.4, 0.5) is 0 Å². The van der Waals surface area contributed by atoms with Gasteiger partial charge in [0.1, 0.15) is 12.4 Å². The molecule has 0 spiro atoms. The van der Waals surface area contributed by atoms with Gasteiger partial charge in [-0.2, -0.15) is 0 Å². The first-order valence-corrected chi connectivity index (χ1v) is 8.33. The lowest BCUT2D eigenvalue weighted by molar-refractivity contribution is 0.306. The normalized spacial score (nSPS) is 10.5. The van der Waals surface area contributed by atoms with E-state index in [1.54, 1.807) is 0 Å². The lowest BCUT2D eigenvalue weighted by Crippen LogP contribution is -1.94. The number of ether oxygens (including phenoxy) is 1. The average Bonchev–Trinajstić information content (AvgIpc) is 2.53. The van der Waals surface area contributed by atoms with E-state index in [0.717, 1.165) is 5.75 Å². The molecule has 0 saturated heterocycles. The summed E-state index contributed by atoms with van der Waals surface area (Å²) in [7, 11) is 0. The molecule has 0 fully saturated rings. The largest absolute Gasteiger partial charge is 0.489 e. The summed E-state index contributed by atoms with van der Waals surface area (Å²) in [4.78, 5) is 0. The molecule has 2 heteroatoms. The van der Waals surface area contributed by atoms with E-state index < -0.39 is 0 Å². The van der Waals surface area contributed by atoms with Gasteiger partial charge in [-0.15, -0.1) is 0 Å². The van der Waals surface area contributed by atoms with Crippen LogP contribution in [-0.4, -0.2) is 0 Å². The van der Waals surface area contributed by atoms with Gasteiger partial charge in [0.2, 0.25) is 0 Å². The fraction of sp³-hybridized carbons (Fsp3) is 0.100. The molecular weight excluding hydrogens is 383 g/mol. The second-order valence-corrected chi connectivity index (χ2v) is 6.56. The van der Waals surface area contributed by atoms with Crippen molar-refractivity contribution in [3.05, 3.63) is 87.5 Å². The number of hydrogen-bond donors (Lipinski definition) is 0. The Hall–Kier alpha value is -1.81. The van der Waals surface area contributed by atoms with Gasteiger partial charge in [-0.3, -0.25) is 0 Å². The summed E-state index contributed by atoms with van der Waals surface area (Å²) in [5, 5.41) is 0. The molecule has 0 N–H and O–H groups in total. The van der Waals surface area contributed by atoms with Crippen LogP contribution in [0.25, 0.3) is 11.1 Å². The van der Waals surface area contributed by atoms with E-state index in [9.17, 15) is 0 Å². The molecule has 0 saturated carbocycles. The highest BCUT2D eigenvalue weighted by molar-refractivity contribution is 14.1. The van der Waals surface area contributed by atoms with Crippen LogP contribution in [-0.2, 0) is 6.61 Å². The fourth-order valence-corrected chi connectivity index (χ4v) is 3.21. The van der Waals surface area contributed by atoms with Crippen molar-refractivity contribution in [2.45, 2.75) is 13.5 Å². The van der Waals surface area contributed by atoms with E-state index in [4.69, 9.17) is 4.74 Å². The molecule has 0 atom stereocenters. The number of halogens is 1. The molecule has 3 aromatic rings. The Morgan fingerprint density at radius 1 is 0.818 bits per heavy atom. The summed E-state index contributed by atoms with van der Waals surface area (Å²) in [5.41, 5.74) is 4.93. The summed E-state index contributed by atoms with van der Waals surface area (Å²) >= 11 is 2.36. The maximum atomic E-state index is 5.83. The predicted molar refractivity (Wildman–Crippen MR) is 100 cm³/mol. The summed E-state index contributed by atoms with van der Waals surface area (Å²) < 4.78 is 7.09. The van der Waals surface area contributed by atoms with Crippen LogP contribution in [0.3, 0.4) is 0 Å². The molecule has 0 unspecified atom stereocenters. The van der Waals surface area contributed by atoms with Crippen LogP contribution in [0.15, 0.2) is 72.8 Å². The zero-order valence-electron chi connectivity index (χ0n) is 12.4. The fourth-order valence-electron chi connectivity index (χ4n) is 2.39. The summed E-state index contributed by atoms with van der Waals surface area (Å²) in [5.74, 6) is 0.898. The zero-order chi connectivity index (χ0) is 15.4. The average molecular weight is 400 g/mol. The molecule has 0 amide bonds. The molecule has 0 heterocycles. The van der Waals surface area contributed by atoms with Crippen molar-refractivity contribution in [3.63, 3.8) is 0 Å². The maximum Gasteiger partial charge on any atom is 0.119 e. The van der Waals surface area contributed by atoms with Crippen LogP contribution in [0, 0.1) is 10.5 Å². The van der Waals surface area contributed by atoms with Gasteiger partial charge in [-0.25, -0.2) is 0 Å². The number of rotatable bonds is 4. The van der Waals surface area contributed by atoms with Gasteiger partial charge in [0.05, 0.1) is 0 Å². The minimum absolute atomic E-state index is 0.600. The third-order valence-corrected chi connectivity index (χ3v) is 4.10. The molecule has 0 aliphatic rings. The van der Waals surface area contributed by atoms with Crippen molar-refractivity contribution in [1.29, 1.82) is 0 Å². The van der Waals surface area contributed by atoms with Crippen LogP contribution in [0.5, 0.6) is 5.75 Å². The minimum Gasteiger partial charge on any atom is -0.489 e. The van der Waals surface area contributed by atoms with Crippen molar-refractivity contribution < 1.29 is 4.74 Å². The Kier molecular flexibility index (Phi) is 4.78. The first kappa shape index (κ1) is 15.1. The molecule has 0 aromatic heterocycles. The SMILES string of the molecule is Cc1cc(I)cc(-c2ccc(OCc3ccccc3)cc2)c1. The zero-order valence-corrected chi connectivity index (χ0v) is 14.6. The Bertz CT molecular complexity index is 728. The van der Waals surface area contributed by atoms with E-state index >= 15 is 0 Å². The smallest absolute Gasteiger partial charge is 0.119 e. The molecule has 0 radical (unpaired) electrons. The topological polar surface area (TPSA) is 9.23 Å². The summed E-state index contributed by atoms with van der Waals surface area (Å²) in [6.45, 7) is 2.73. The van der Waals surface area contributed by atoms with Crippen molar-refractivity contribution >= 4 is 22.6 Å². The van der Waals surface area contributed by atoms with Crippen molar-refractivity contribution in [3.8, 4) is 16.9 Å². The highest BCUT2D eigenvalue weighted by atomic mass is 127. The molecule has 0 bridgehead atoms. The van der Waals surface area contributed by atoms with Gasteiger partial charge in [0.25, 0.3) is 0 Å². The van der Waals surface area contributed by atoms with Crippen LogP contribution in [0.1, 0.15) is 11.1 Å². The molecule has 0 aliphatic heterocycles. The molecule has 0 aliphatic carbocycles. The van der Waals surface area contributed by atoms with E-state index in [2.05, 4.69) is 72.0 Å². The van der Waals surface area contributed by atoms with Gasteiger partial charge in [0, 0.05) is 3.57 Å². The Morgan fingerprint density at radius 2 is 1.55 bits per heavy atom. The third kappa shape index (κ3) is 3.89. The second kappa shape index (κ2) is 6.97. The lowest BCUT2D eigenvalue weighted by atomic mass is 10.0. The number of aryl methyl sites for hydroxylation is 1. The van der Waals surface area contributed by atoms with Crippen molar-refractivity contribution in [2.75, 3.05) is 0 Å². The molecule has 22 heavy (non-hydrogen) atoms. The van der Waals surface area contributed by atoms with E-state index in [-0.39, 0.29) is 0 Å². The maximum absolute atomic E-state index is 5.83. The number of hydrogen-bond acceptors (Lipinski definition) is 1. The minimum atomic E-state index is 0.600. The number of benzene rings is 3. The highest BCUT2D eigenvalue weighted by Gasteiger charge is 2.01. The van der Waals surface area contributed by atoms with Gasteiger partial charge in [0.15, 0.2) is 0 Å². The Morgan fingerprint density at radius 3 is 2.23 bits per heavy atom. The predicted octanol–water partition coefficient (Wildman–Crippen LogP) is 5.85. The molecule has 3 rings (SSSR count). The molecule has 110 valence electrons. The van der Waals surface area contributed by atoms with Crippen LogP contribution < -0.4 is 4.74 Å². The highest BCUT2D eigenvalue weighted by Crippen LogP contribution is 2.25. The third-order valence-electron chi connectivity index (χ3n) is 3.48. The van der Waals surface area contributed by atoms with Gasteiger partial charge >= 0.3 is 0 Å². The van der Waals surface area contributed by atoms with E-state index in [1.807, 2.05) is 30.3 Å². The molecular formula is C20H17IO. The first-order valence-electron chi connectivity index (χ1n) is 7.25. The first-order chi connectivity index (χ1) is 10.7. The molecule has 1 nitrogen and oxygen atoms in total. The van der Waals surface area contributed by atoms with Gasteiger partial charge < -0.3 is 4.74 Å². The van der Waals surface area contributed by atoms with E-state index in [1.165, 1.54) is 25.8 Å². The van der Waals surface area contributed by atoms with Crippen LogP contribution in [0.2, 0.25) is 0 Å². The van der Waals surface area contributed by atoms with Gasteiger partial charge in [-0.1, -0.05) is 48.5 Å².